The highest BCUT2D eigenvalue weighted by atomic mass is 16.5. The highest BCUT2D eigenvalue weighted by Crippen LogP contribution is 2.03. The molecular weight excluding hydrogens is 238 g/mol. The SMILES string of the molecule is CC(C)CCCNCCOCCOCCCC(C)C. The lowest BCUT2D eigenvalue weighted by Gasteiger charge is -2.08. The Bertz CT molecular complexity index is 154. The van der Waals surface area contributed by atoms with Crippen molar-refractivity contribution in [3.63, 3.8) is 0 Å². The molecule has 0 atom stereocenters. The molecule has 0 aromatic heterocycles. The molecule has 0 aliphatic carbocycles. The van der Waals surface area contributed by atoms with Crippen LogP contribution in [0.5, 0.6) is 0 Å². The molecule has 0 amide bonds. The summed E-state index contributed by atoms with van der Waals surface area (Å²) >= 11 is 0. The Hall–Kier alpha value is -0.120. The summed E-state index contributed by atoms with van der Waals surface area (Å²) in [6, 6.07) is 0. The molecule has 0 aromatic carbocycles. The third-order valence-electron chi connectivity index (χ3n) is 3.00. The van der Waals surface area contributed by atoms with Crippen molar-refractivity contribution >= 4 is 0 Å². The van der Waals surface area contributed by atoms with Gasteiger partial charge >= 0.3 is 0 Å². The zero-order chi connectivity index (χ0) is 14.3. The highest BCUT2D eigenvalue weighted by Gasteiger charge is 1.95. The van der Waals surface area contributed by atoms with E-state index in [0.29, 0.717) is 0 Å². The van der Waals surface area contributed by atoms with Crippen LogP contribution in [0.1, 0.15) is 53.4 Å². The first-order valence-corrected chi connectivity index (χ1v) is 7.99. The van der Waals surface area contributed by atoms with Crippen LogP contribution in [0.4, 0.5) is 0 Å². The summed E-state index contributed by atoms with van der Waals surface area (Å²) in [6.07, 6.45) is 4.98. The molecule has 0 saturated heterocycles. The van der Waals surface area contributed by atoms with Gasteiger partial charge in [0, 0.05) is 13.2 Å². The van der Waals surface area contributed by atoms with Crippen LogP contribution >= 0.6 is 0 Å². The van der Waals surface area contributed by atoms with Crippen LogP contribution in [-0.2, 0) is 9.47 Å². The Kier molecular flexibility index (Phi) is 14.2. The molecule has 116 valence electrons. The Morgan fingerprint density at radius 2 is 1.26 bits per heavy atom. The van der Waals surface area contributed by atoms with E-state index in [9.17, 15) is 0 Å². The fraction of sp³-hybridized carbons (Fsp3) is 1.00. The monoisotopic (exact) mass is 273 g/mol. The minimum atomic E-state index is 0.718. The second-order valence-electron chi connectivity index (χ2n) is 6.05. The van der Waals surface area contributed by atoms with Crippen molar-refractivity contribution in [2.75, 3.05) is 39.5 Å². The molecule has 0 aliphatic rings. The lowest BCUT2D eigenvalue weighted by atomic mass is 10.1. The molecule has 3 nitrogen and oxygen atoms in total. The molecule has 1 N–H and O–H groups in total. The zero-order valence-electron chi connectivity index (χ0n) is 13.5. The van der Waals surface area contributed by atoms with Crippen LogP contribution in [0.15, 0.2) is 0 Å². The van der Waals surface area contributed by atoms with E-state index in [1.807, 2.05) is 0 Å². The van der Waals surface area contributed by atoms with Gasteiger partial charge in [-0.05, 0) is 44.1 Å². The minimum Gasteiger partial charge on any atom is -0.379 e. The van der Waals surface area contributed by atoms with Crippen LogP contribution in [0, 0.1) is 11.8 Å². The average molecular weight is 273 g/mol. The molecule has 0 saturated carbocycles. The Morgan fingerprint density at radius 3 is 1.89 bits per heavy atom. The van der Waals surface area contributed by atoms with Gasteiger partial charge in [-0.25, -0.2) is 0 Å². The number of rotatable bonds is 14. The van der Waals surface area contributed by atoms with Crippen molar-refractivity contribution < 1.29 is 9.47 Å². The highest BCUT2D eigenvalue weighted by molar-refractivity contribution is 4.50. The fourth-order valence-corrected chi connectivity index (χ4v) is 1.82. The van der Waals surface area contributed by atoms with E-state index in [4.69, 9.17) is 9.47 Å². The standard InChI is InChI=1S/C16H35NO2/c1-15(2)7-5-9-17-10-12-19-14-13-18-11-6-8-16(3)4/h15-17H,5-14H2,1-4H3. The maximum atomic E-state index is 5.51. The van der Waals surface area contributed by atoms with Crippen LogP contribution in [0.25, 0.3) is 0 Å². The zero-order valence-corrected chi connectivity index (χ0v) is 13.5. The van der Waals surface area contributed by atoms with Crippen molar-refractivity contribution in [3.05, 3.63) is 0 Å². The molecule has 0 fully saturated rings. The predicted octanol–water partition coefficient (Wildman–Crippen LogP) is 3.48. The first-order chi connectivity index (χ1) is 9.13. The predicted molar refractivity (Wildman–Crippen MR) is 82.7 cm³/mol. The number of hydrogen-bond acceptors (Lipinski definition) is 3. The molecule has 0 rings (SSSR count). The number of ether oxygens (including phenoxy) is 2. The average Bonchev–Trinajstić information content (AvgIpc) is 2.34. The molecule has 19 heavy (non-hydrogen) atoms. The van der Waals surface area contributed by atoms with Gasteiger partial charge in [-0.15, -0.1) is 0 Å². The van der Waals surface area contributed by atoms with E-state index < -0.39 is 0 Å². The van der Waals surface area contributed by atoms with E-state index >= 15 is 0 Å². The van der Waals surface area contributed by atoms with E-state index in [0.717, 1.165) is 57.8 Å². The normalized spacial score (nSPS) is 11.7. The molecule has 0 aliphatic heterocycles. The van der Waals surface area contributed by atoms with Crippen molar-refractivity contribution in [1.82, 2.24) is 5.32 Å². The quantitative estimate of drug-likeness (QED) is 0.492. The van der Waals surface area contributed by atoms with E-state index in [1.165, 1.54) is 19.3 Å². The summed E-state index contributed by atoms with van der Waals surface area (Å²) in [5.74, 6) is 1.59. The second kappa shape index (κ2) is 14.3. The van der Waals surface area contributed by atoms with Gasteiger partial charge in [0.25, 0.3) is 0 Å². The molecule has 0 aromatic rings. The van der Waals surface area contributed by atoms with Crippen LogP contribution < -0.4 is 5.32 Å². The number of hydrogen-bond donors (Lipinski definition) is 1. The maximum Gasteiger partial charge on any atom is 0.0701 e. The van der Waals surface area contributed by atoms with Crippen molar-refractivity contribution in [2.24, 2.45) is 11.8 Å². The lowest BCUT2D eigenvalue weighted by molar-refractivity contribution is 0.0467. The van der Waals surface area contributed by atoms with E-state index in [-0.39, 0.29) is 0 Å². The van der Waals surface area contributed by atoms with Crippen molar-refractivity contribution in [3.8, 4) is 0 Å². The molecule has 0 spiro atoms. The first-order valence-electron chi connectivity index (χ1n) is 7.99. The van der Waals surface area contributed by atoms with Gasteiger partial charge in [0.05, 0.1) is 19.8 Å². The van der Waals surface area contributed by atoms with Gasteiger partial charge in [-0.1, -0.05) is 27.7 Å². The molecule has 0 bridgehead atoms. The largest absolute Gasteiger partial charge is 0.379 e. The summed E-state index contributed by atoms with van der Waals surface area (Å²) in [5.41, 5.74) is 0. The topological polar surface area (TPSA) is 30.5 Å². The molecule has 0 unspecified atom stereocenters. The first kappa shape index (κ1) is 18.9. The Labute approximate surface area is 120 Å². The van der Waals surface area contributed by atoms with Gasteiger partial charge in [-0.3, -0.25) is 0 Å². The maximum absolute atomic E-state index is 5.51. The molecular formula is C16H35NO2. The number of nitrogens with one attached hydrogen (secondary N) is 1. The van der Waals surface area contributed by atoms with E-state index in [1.54, 1.807) is 0 Å². The van der Waals surface area contributed by atoms with Gasteiger partial charge in [0.2, 0.25) is 0 Å². The Morgan fingerprint density at radius 1 is 0.684 bits per heavy atom. The van der Waals surface area contributed by atoms with Crippen LogP contribution in [-0.4, -0.2) is 39.5 Å². The van der Waals surface area contributed by atoms with Crippen molar-refractivity contribution in [1.29, 1.82) is 0 Å². The van der Waals surface area contributed by atoms with Gasteiger partial charge in [-0.2, -0.15) is 0 Å². The molecule has 3 heteroatoms. The third-order valence-corrected chi connectivity index (χ3v) is 3.00. The van der Waals surface area contributed by atoms with Crippen LogP contribution in [0.2, 0.25) is 0 Å². The third kappa shape index (κ3) is 17.9. The van der Waals surface area contributed by atoms with Gasteiger partial charge < -0.3 is 14.8 Å². The minimum absolute atomic E-state index is 0.718. The van der Waals surface area contributed by atoms with Crippen molar-refractivity contribution in [2.45, 2.75) is 53.4 Å². The molecule has 0 heterocycles. The van der Waals surface area contributed by atoms with Crippen LogP contribution in [0.3, 0.4) is 0 Å². The Balaban J connectivity index is 2.95. The molecule has 0 radical (unpaired) electrons. The van der Waals surface area contributed by atoms with Gasteiger partial charge in [0.1, 0.15) is 0 Å². The lowest BCUT2D eigenvalue weighted by Crippen LogP contribution is -2.22. The fourth-order valence-electron chi connectivity index (χ4n) is 1.82. The van der Waals surface area contributed by atoms with E-state index in [2.05, 4.69) is 33.0 Å². The second-order valence-corrected chi connectivity index (χ2v) is 6.05. The summed E-state index contributed by atoms with van der Waals surface area (Å²) in [5, 5.41) is 3.40. The summed E-state index contributed by atoms with van der Waals surface area (Å²) in [6.45, 7) is 14.2. The van der Waals surface area contributed by atoms with Gasteiger partial charge in [0.15, 0.2) is 0 Å². The summed E-state index contributed by atoms with van der Waals surface area (Å²) < 4.78 is 11.0. The smallest absolute Gasteiger partial charge is 0.0701 e. The summed E-state index contributed by atoms with van der Waals surface area (Å²) in [7, 11) is 0. The summed E-state index contributed by atoms with van der Waals surface area (Å²) in [4.78, 5) is 0.